The molecule has 1 fully saturated rings. The molecule has 5 atom stereocenters. The predicted octanol–water partition coefficient (Wildman–Crippen LogP) is 2.88. The van der Waals surface area contributed by atoms with E-state index in [0.717, 1.165) is 12.0 Å². The highest BCUT2D eigenvalue weighted by Crippen LogP contribution is 2.37. The number of nitrogens with zero attached hydrogens (tertiary/aromatic N) is 2. The number of hydrogen-bond acceptors (Lipinski definition) is 6. The summed E-state index contributed by atoms with van der Waals surface area (Å²) in [5.74, 6) is -0.477. The zero-order chi connectivity index (χ0) is 19.0. The molecule has 0 radical (unpaired) electrons. The molecule has 0 spiro atoms. The number of benzene rings is 1. The second-order valence-electron chi connectivity index (χ2n) is 7.40. The molecule has 1 aromatic heterocycles. The van der Waals surface area contributed by atoms with Crippen LogP contribution in [0.15, 0.2) is 30.6 Å². The minimum atomic E-state index is -0.620. The first kappa shape index (κ1) is 18.1. The fourth-order valence-electron chi connectivity index (χ4n) is 4.06. The van der Waals surface area contributed by atoms with Crippen LogP contribution in [0.3, 0.4) is 0 Å². The largest absolute Gasteiger partial charge is 0.472 e. The van der Waals surface area contributed by atoms with Gasteiger partial charge in [0.15, 0.2) is 5.82 Å². The van der Waals surface area contributed by atoms with Crippen molar-refractivity contribution in [3.05, 3.63) is 47.5 Å². The Kier molecular flexibility index (Phi) is 4.97. The first-order chi connectivity index (χ1) is 13.1. The Morgan fingerprint density at radius 1 is 1.22 bits per heavy atom. The van der Waals surface area contributed by atoms with E-state index in [1.807, 2.05) is 25.1 Å². The van der Waals surface area contributed by atoms with Gasteiger partial charge in [0, 0.05) is 20.0 Å². The number of anilines is 1. The first-order valence-electron chi connectivity index (χ1n) is 9.29. The van der Waals surface area contributed by atoms with Gasteiger partial charge in [-0.05, 0) is 23.5 Å². The lowest BCUT2D eigenvalue weighted by Gasteiger charge is -2.22. The highest BCUT2D eigenvalue weighted by molar-refractivity contribution is 5.47. The van der Waals surface area contributed by atoms with Gasteiger partial charge in [0.2, 0.25) is 5.82 Å². The summed E-state index contributed by atoms with van der Waals surface area (Å²) in [5.41, 5.74) is 2.26. The summed E-state index contributed by atoms with van der Waals surface area (Å²) in [5, 5.41) is 13.0. The predicted molar refractivity (Wildman–Crippen MR) is 98.1 cm³/mol. The van der Waals surface area contributed by atoms with Crippen LogP contribution in [0.2, 0.25) is 0 Å². The van der Waals surface area contributed by atoms with Crippen LogP contribution < -0.4 is 10.1 Å². The Labute approximate surface area is 157 Å². The molecule has 1 saturated carbocycles. The summed E-state index contributed by atoms with van der Waals surface area (Å²) >= 11 is 0. The van der Waals surface area contributed by atoms with Crippen molar-refractivity contribution >= 4 is 5.82 Å². The molecule has 7 heteroatoms. The summed E-state index contributed by atoms with van der Waals surface area (Å²) < 4.78 is 26.3. The van der Waals surface area contributed by atoms with Gasteiger partial charge in [-0.15, -0.1) is 0 Å². The van der Waals surface area contributed by atoms with Crippen LogP contribution in [0.25, 0.3) is 0 Å². The second kappa shape index (κ2) is 7.40. The van der Waals surface area contributed by atoms with Crippen molar-refractivity contribution < 1.29 is 19.0 Å². The summed E-state index contributed by atoms with van der Waals surface area (Å²) in [4.78, 5) is 8.02. The Morgan fingerprint density at radius 2 is 2.04 bits per heavy atom. The van der Waals surface area contributed by atoms with Gasteiger partial charge in [-0.3, -0.25) is 0 Å². The number of rotatable bonds is 5. The molecule has 2 aliphatic carbocycles. The van der Waals surface area contributed by atoms with Crippen molar-refractivity contribution in [2.24, 2.45) is 5.92 Å². The number of ether oxygens (including phenoxy) is 2. The van der Waals surface area contributed by atoms with E-state index < -0.39 is 11.9 Å². The lowest BCUT2D eigenvalue weighted by Crippen LogP contribution is -2.25. The molecule has 2 N–H and O–H groups in total. The summed E-state index contributed by atoms with van der Waals surface area (Å²) in [7, 11) is 1.66. The maximum Gasteiger partial charge on any atom is 0.256 e. The van der Waals surface area contributed by atoms with Crippen molar-refractivity contribution in [2.45, 2.75) is 50.5 Å². The molecule has 4 rings (SSSR count). The molecule has 0 saturated heterocycles. The fraction of sp³-hybridized carbons (Fsp3) is 0.500. The molecule has 0 amide bonds. The van der Waals surface area contributed by atoms with E-state index in [9.17, 15) is 9.50 Å². The molecule has 1 heterocycles. The number of aromatic nitrogens is 2. The standard InChI is InChI=1S/C20H24FN3O3/c1-11-7-13(9-15(11)25)27-20-17(21)19(22-10-23-20)24-18-14-6-4-3-5-12(14)8-16(18)26-2/h3-6,10-11,13,15-16,18,25H,7-9H2,1-2H3,(H,22,23,24)/t11-,13+,15-,16-,18+/m0/s1. The van der Waals surface area contributed by atoms with Crippen LogP contribution in [-0.2, 0) is 11.2 Å². The molecule has 2 aliphatic rings. The number of aliphatic hydroxyl groups is 1. The van der Waals surface area contributed by atoms with E-state index in [1.165, 1.54) is 11.9 Å². The summed E-state index contributed by atoms with van der Waals surface area (Å²) in [6.07, 6.45) is 2.44. The number of hydrogen-bond donors (Lipinski definition) is 2. The van der Waals surface area contributed by atoms with Crippen molar-refractivity contribution in [1.82, 2.24) is 9.97 Å². The van der Waals surface area contributed by atoms with Gasteiger partial charge in [0.1, 0.15) is 12.4 Å². The molecular weight excluding hydrogens is 349 g/mol. The number of fused-ring (bicyclic) bond motifs is 1. The van der Waals surface area contributed by atoms with Gasteiger partial charge in [-0.25, -0.2) is 4.98 Å². The molecule has 144 valence electrons. The number of halogens is 1. The van der Waals surface area contributed by atoms with Crippen molar-refractivity contribution in [3.63, 3.8) is 0 Å². The Bertz CT molecular complexity index is 809. The number of aliphatic hydroxyl groups excluding tert-OH is 1. The lowest BCUT2D eigenvalue weighted by atomic mass is 10.1. The normalized spacial score (nSPS) is 29.6. The quantitative estimate of drug-likeness (QED) is 0.839. The molecule has 0 unspecified atom stereocenters. The Hall–Kier alpha value is -2.25. The third kappa shape index (κ3) is 3.49. The Morgan fingerprint density at radius 3 is 2.78 bits per heavy atom. The van der Waals surface area contributed by atoms with Crippen molar-refractivity contribution in [2.75, 3.05) is 12.4 Å². The first-order valence-corrected chi connectivity index (χ1v) is 9.29. The SMILES string of the molecule is CO[C@H]1Cc2ccccc2[C@H]1Nc1ncnc(O[C@@H]2C[C@H](C)[C@@H](O)C2)c1F. The van der Waals surface area contributed by atoms with Gasteiger partial charge < -0.3 is 19.9 Å². The van der Waals surface area contributed by atoms with Crippen molar-refractivity contribution in [3.8, 4) is 5.88 Å². The monoisotopic (exact) mass is 373 g/mol. The molecule has 1 aromatic carbocycles. The fourth-order valence-corrected chi connectivity index (χ4v) is 4.06. The molecule has 0 bridgehead atoms. The zero-order valence-electron chi connectivity index (χ0n) is 15.4. The Balaban J connectivity index is 1.54. The van der Waals surface area contributed by atoms with Crippen molar-refractivity contribution in [1.29, 1.82) is 0 Å². The zero-order valence-corrected chi connectivity index (χ0v) is 15.4. The van der Waals surface area contributed by atoms with E-state index in [4.69, 9.17) is 9.47 Å². The minimum Gasteiger partial charge on any atom is -0.472 e. The van der Waals surface area contributed by atoms with Gasteiger partial charge in [-0.2, -0.15) is 9.37 Å². The van der Waals surface area contributed by atoms with Crippen LogP contribution in [-0.4, -0.2) is 40.5 Å². The van der Waals surface area contributed by atoms with Crippen LogP contribution in [0, 0.1) is 11.7 Å². The third-order valence-electron chi connectivity index (χ3n) is 5.61. The number of nitrogens with one attached hydrogen (secondary N) is 1. The minimum absolute atomic E-state index is 0.0842. The van der Waals surface area contributed by atoms with Crippen LogP contribution in [0.1, 0.15) is 36.9 Å². The smallest absolute Gasteiger partial charge is 0.256 e. The second-order valence-corrected chi connectivity index (χ2v) is 7.40. The molecular formula is C20H24FN3O3. The average Bonchev–Trinajstić information content (AvgIpc) is 3.18. The third-order valence-corrected chi connectivity index (χ3v) is 5.61. The number of methoxy groups -OCH3 is 1. The maximum atomic E-state index is 15.0. The van der Waals surface area contributed by atoms with E-state index in [1.54, 1.807) is 7.11 Å². The summed E-state index contributed by atoms with van der Waals surface area (Å²) in [6, 6.07) is 7.83. The molecule has 0 aliphatic heterocycles. The highest BCUT2D eigenvalue weighted by atomic mass is 19.1. The van der Waals surface area contributed by atoms with Gasteiger partial charge >= 0.3 is 0 Å². The topological polar surface area (TPSA) is 76.5 Å². The van der Waals surface area contributed by atoms with Gasteiger partial charge in [0.25, 0.3) is 5.88 Å². The molecule has 27 heavy (non-hydrogen) atoms. The van der Waals surface area contributed by atoms with Gasteiger partial charge in [-0.1, -0.05) is 31.2 Å². The maximum absolute atomic E-state index is 15.0. The van der Waals surface area contributed by atoms with Crippen LogP contribution in [0.5, 0.6) is 5.88 Å². The van der Waals surface area contributed by atoms with Crippen LogP contribution >= 0.6 is 0 Å². The molecule has 6 nitrogen and oxygen atoms in total. The van der Waals surface area contributed by atoms with Crippen LogP contribution in [0.4, 0.5) is 10.2 Å². The van der Waals surface area contributed by atoms with E-state index in [2.05, 4.69) is 21.4 Å². The lowest BCUT2D eigenvalue weighted by molar-refractivity contribution is 0.0957. The van der Waals surface area contributed by atoms with E-state index >= 15 is 0 Å². The average molecular weight is 373 g/mol. The molecule has 2 aromatic rings. The van der Waals surface area contributed by atoms with E-state index in [0.29, 0.717) is 12.8 Å². The summed E-state index contributed by atoms with van der Waals surface area (Å²) in [6.45, 7) is 1.96. The highest BCUT2D eigenvalue weighted by Gasteiger charge is 2.35. The van der Waals surface area contributed by atoms with Gasteiger partial charge in [0.05, 0.1) is 18.2 Å². The van der Waals surface area contributed by atoms with E-state index in [-0.39, 0.29) is 35.9 Å².